The summed E-state index contributed by atoms with van der Waals surface area (Å²) in [5.41, 5.74) is 6.93. The molecule has 0 bridgehead atoms. The van der Waals surface area contributed by atoms with Gasteiger partial charge in [-0.25, -0.2) is 0 Å². The molecule has 2 heterocycles. The van der Waals surface area contributed by atoms with E-state index in [1.165, 1.54) is 0 Å². The van der Waals surface area contributed by atoms with Crippen LogP contribution >= 0.6 is 0 Å². The standard InChI is InChI=1S/C15H19N3O3/c1-9-17-14(18-21-9)8-19-10-4-5-11-12(16)7-15(2,3)20-13(11)6-10/h4-6,12H,7-8,16H2,1-3H3. The Labute approximate surface area is 123 Å². The van der Waals surface area contributed by atoms with Crippen LogP contribution in [-0.2, 0) is 6.61 Å². The van der Waals surface area contributed by atoms with Gasteiger partial charge < -0.3 is 19.7 Å². The van der Waals surface area contributed by atoms with Crippen molar-refractivity contribution in [1.29, 1.82) is 0 Å². The topological polar surface area (TPSA) is 83.4 Å². The number of fused-ring (bicyclic) bond motifs is 1. The van der Waals surface area contributed by atoms with Crippen LogP contribution in [-0.4, -0.2) is 15.7 Å². The molecule has 0 aliphatic carbocycles. The Morgan fingerprint density at radius 1 is 1.43 bits per heavy atom. The predicted molar refractivity (Wildman–Crippen MR) is 76.1 cm³/mol. The maximum Gasteiger partial charge on any atom is 0.223 e. The first-order valence-corrected chi connectivity index (χ1v) is 6.93. The normalized spacial score (nSPS) is 19.7. The average molecular weight is 289 g/mol. The fraction of sp³-hybridized carbons (Fsp3) is 0.467. The van der Waals surface area contributed by atoms with Gasteiger partial charge >= 0.3 is 0 Å². The van der Waals surface area contributed by atoms with Gasteiger partial charge in [0.2, 0.25) is 11.7 Å². The lowest BCUT2D eigenvalue weighted by Gasteiger charge is -2.36. The van der Waals surface area contributed by atoms with E-state index in [4.69, 9.17) is 19.7 Å². The SMILES string of the molecule is Cc1nc(COc2ccc3c(c2)OC(C)(C)CC3N)no1. The Bertz CT molecular complexity index is 651. The summed E-state index contributed by atoms with van der Waals surface area (Å²) in [4.78, 5) is 4.09. The molecule has 0 fully saturated rings. The quantitative estimate of drug-likeness (QED) is 0.934. The summed E-state index contributed by atoms with van der Waals surface area (Å²) >= 11 is 0. The van der Waals surface area contributed by atoms with Crippen molar-refractivity contribution in [2.75, 3.05) is 0 Å². The van der Waals surface area contributed by atoms with Crippen LogP contribution in [0.15, 0.2) is 22.7 Å². The first-order valence-electron chi connectivity index (χ1n) is 6.93. The average Bonchev–Trinajstić information content (AvgIpc) is 2.80. The Morgan fingerprint density at radius 3 is 2.95 bits per heavy atom. The number of benzene rings is 1. The molecule has 112 valence electrons. The van der Waals surface area contributed by atoms with E-state index in [0.29, 0.717) is 17.5 Å². The lowest BCUT2D eigenvalue weighted by molar-refractivity contribution is 0.0724. The highest BCUT2D eigenvalue weighted by molar-refractivity contribution is 5.44. The summed E-state index contributed by atoms with van der Waals surface area (Å²) in [7, 11) is 0. The van der Waals surface area contributed by atoms with Gasteiger partial charge in [0, 0.05) is 31.0 Å². The van der Waals surface area contributed by atoms with Gasteiger partial charge in [-0.15, -0.1) is 0 Å². The van der Waals surface area contributed by atoms with E-state index in [1.54, 1.807) is 6.92 Å². The summed E-state index contributed by atoms with van der Waals surface area (Å²) < 4.78 is 16.5. The molecule has 1 aromatic carbocycles. The number of ether oxygens (including phenoxy) is 2. The summed E-state index contributed by atoms with van der Waals surface area (Å²) in [6, 6.07) is 5.68. The van der Waals surface area contributed by atoms with Gasteiger partial charge in [0.25, 0.3) is 0 Å². The molecule has 0 spiro atoms. The van der Waals surface area contributed by atoms with Crippen LogP contribution in [0.25, 0.3) is 0 Å². The molecule has 1 aliphatic rings. The third kappa shape index (κ3) is 3.00. The highest BCUT2D eigenvalue weighted by atomic mass is 16.5. The fourth-order valence-electron chi connectivity index (χ4n) is 2.53. The summed E-state index contributed by atoms with van der Waals surface area (Å²) in [6.45, 7) is 6.06. The minimum Gasteiger partial charge on any atom is -0.487 e. The van der Waals surface area contributed by atoms with Crippen molar-refractivity contribution in [2.45, 2.75) is 45.4 Å². The minimum absolute atomic E-state index is 0.0161. The highest BCUT2D eigenvalue weighted by Gasteiger charge is 2.31. The first kappa shape index (κ1) is 13.9. The smallest absolute Gasteiger partial charge is 0.223 e. The molecule has 0 saturated carbocycles. The molecule has 0 amide bonds. The molecule has 3 rings (SSSR count). The molecule has 6 heteroatoms. The highest BCUT2D eigenvalue weighted by Crippen LogP contribution is 2.40. The third-order valence-electron chi connectivity index (χ3n) is 3.42. The van der Waals surface area contributed by atoms with Gasteiger partial charge in [0.1, 0.15) is 17.1 Å². The van der Waals surface area contributed by atoms with Crippen molar-refractivity contribution in [3.8, 4) is 11.5 Å². The maximum absolute atomic E-state index is 6.19. The molecule has 1 atom stereocenters. The lowest BCUT2D eigenvalue weighted by atomic mass is 9.90. The monoisotopic (exact) mass is 289 g/mol. The first-order chi connectivity index (χ1) is 9.93. The molecule has 1 unspecified atom stereocenters. The Hall–Kier alpha value is -2.08. The van der Waals surface area contributed by atoms with E-state index >= 15 is 0 Å². The van der Waals surface area contributed by atoms with Crippen molar-refractivity contribution < 1.29 is 14.0 Å². The molecule has 6 nitrogen and oxygen atoms in total. The van der Waals surface area contributed by atoms with E-state index < -0.39 is 0 Å². The molecule has 2 N–H and O–H groups in total. The zero-order chi connectivity index (χ0) is 15.0. The van der Waals surface area contributed by atoms with Crippen LogP contribution in [0.4, 0.5) is 0 Å². The summed E-state index contributed by atoms with van der Waals surface area (Å²) in [6.07, 6.45) is 0.794. The van der Waals surface area contributed by atoms with Crippen molar-refractivity contribution in [1.82, 2.24) is 10.1 Å². The van der Waals surface area contributed by atoms with Crippen molar-refractivity contribution in [2.24, 2.45) is 5.73 Å². The fourth-order valence-corrected chi connectivity index (χ4v) is 2.53. The number of aryl methyl sites for hydroxylation is 1. The van der Waals surface area contributed by atoms with Crippen molar-refractivity contribution in [3.05, 3.63) is 35.5 Å². The molecular formula is C15H19N3O3. The van der Waals surface area contributed by atoms with E-state index in [1.807, 2.05) is 32.0 Å². The largest absolute Gasteiger partial charge is 0.487 e. The van der Waals surface area contributed by atoms with Gasteiger partial charge in [0.05, 0.1) is 0 Å². The second-order valence-corrected chi connectivity index (χ2v) is 5.89. The van der Waals surface area contributed by atoms with Crippen molar-refractivity contribution >= 4 is 0 Å². The molecular weight excluding hydrogens is 270 g/mol. The van der Waals surface area contributed by atoms with E-state index in [9.17, 15) is 0 Å². The number of nitrogens with two attached hydrogens (primary N) is 1. The number of nitrogens with zero attached hydrogens (tertiary/aromatic N) is 2. The van der Waals surface area contributed by atoms with Crippen molar-refractivity contribution in [3.63, 3.8) is 0 Å². The molecule has 0 saturated heterocycles. The molecule has 2 aromatic rings. The number of hydrogen-bond donors (Lipinski definition) is 1. The molecule has 1 aliphatic heterocycles. The lowest BCUT2D eigenvalue weighted by Crippen LogP contribution is -2.37. The minimum atomic E-state index is -0.268. The van der Waals surface area contributed by atoms with E-state index in [2.05, 4.69) is 10.1 Å². The Balaban J connectivity index is 1.76. The number of hydrogen-bond acceptors (Lipinski definition) is 6. The second kappa shape index (κ2) is 5.04. The maximum atomic E-state index is 6.19. The van der Waals surface area contributed by atoms with E-state index in [-0.39, 0.29) is 18.2 Å². The number of rotatable bonds is 3. The van der Waals surface area contributed by atoms with Crippen LogP contribution in [0.2, 0.25) is 0 Å². The van der Waals surface area contributed by atoms with Gasteiger partial charge in [-0.1, -0.05) is 11.2 Å². The van der Waals surface area contributed by atoms with Crippen LogP contribution in [0.5, 0.6) is 11.5 Å². The molecule has 21 heavy (non-hydrogen) atoms. The van der Waals surface area contributed by atoms with Crippen LogP contribution < -0.4 is 15.2 Å². The van der Waals surface area contributed by atoms with Gasteiger partial charge in [-0.2, -0.15) is 4.98 Å². The van der Waals surface area contributed by atoms with Gasteiger partial charge in [-0.05, 0) is 19.9 Å². The Kier molecular flexibility index (Phi) is 3.33. The van der Waals surface area contributed by atoms with Crippen LogP contribution in [0.3, 0.4) is 0 Å². The van der Waals surface area contributed by atoms with Crippen LogP contribution in [0, 0.1) is 6.92 Å². The van der Waals surface area contributed by atoms with Gasteiger partial charge in [-0.3, -0.25) is 0 Å². The number of aromatic nitrogens is 2. The zero-order valence-electron chi connectivity index (χ0n) is 12.4. The molecule has 1 aromatic heterocycles. The Morgan fingerprint density at radius 2 is 2.24 bits per heavy atom. The summed E-state index contributed by atoms with van der Waals surface area (Å²) in [5.74, 6) is 2.51. The molecule has 0 radical (unpaired) electrons. The summed E-state index contributed by atoms with van der Waals surface area (Å²) in [5, 5.41) is 3.79. The third-order valence-corrected chi connectivity index (χ3v) is 3.42. The predicted octanol–water partition coefficient (Wildman–Crippen LogP) is 2.52. The second-order valence-electron chi connectivity index (χ2n) is 5.89. The zero-order valence-corrected chi connectivity index (χ0v) is 12.4. The van der Waals surface area contributed by atoms with E-state index in [0.717, 1.165) is 17.7 Å². The van der Waals surface area contributed by atoms with Gasteiger partial charge in [0.15, 0.2) is 6.61 Å². The van der Waals surface area contributed by atoms with Crippen LogP contribution in [0.1, 0.15) is 43.6 Å².